The van der Waals surface area contributed by atoms with Crippen LogP contribution < -0.4 is 14.9 Å². The largest absolute Gasteiger partial charge is 0.383 e. The highest BCUT2D eigenvalue weighted by molar-refractivity contribution is 7.92. The molecule has 0 bridgehead atoms. The highest BCUT2D eigenvalue weighted by Gasteiger charge is 2.22. The van der Waals surface area contributed by atoms with Gasteiger partial charge in [0.1, 0.15) is 0 Å². The Morgan fingerprint density at radius 2 is 1.64 bits per heavy atom. The molecule has 0 fully saturated rings. The quantitative estimate of drug-likeness (QED) is 0.360. The summed E-state index contributed by atoms with van der Waals surface area (Å²) in [7, 11) is -2.14. The Morgan fingerprint density at radius 3 is 2.31 bits per heavy atom. The molecule has 0 aliphatic rings. The third-order valence-electron chi connectivity index (χ3n) is 5.15. The number of anilines is 2. The number of carbonyl (C=O) groups excluding carboxylic acids is 2. The second-order valence-corrected chi connectivity index (χ2v) is 10.5. The van der Waals surface area contributed by atoms with Crippen molar-refractivity contribution in [2.75, 3.05) is 36.1 Å². The van der Waals surface area contributed by atoms with Crippen molar-refractivity contribution in [3.05, 3.63) is 93.5 Å². The molecule has 0 atom stereocenters. The van der Waals surface area contributed by atoms with Gasteiger partial charge in [-0.3, -0.25) is 13.9 Å². The number of nitrogens with zero attached hydrogens (tertiary/aromatic N) is 1. The van der Waals surface area contributed by atoms with E-state index in [0.717, 1.165) is 10.6 Å². The second-order valence-electron chi connectivity index (χ2n) is 7.79. The molecular weight excluding hydrogens is 525 g/mol. The van der Waals surface area contributed by atoms with Gasteiger partial charge in [0, 0.05) is 19.2 Å². The van der Waals surface area contributed by atoms with Gasteiger partial charge in [-0.2, -0.15) is 0 Å². The highest BCUT2D eigenvalue weighted by Crippen LogP contribution is 2.34. The van der Waals surface area contributed by atoms with Crippen LogP contribution in [0.15, 0.2) is 66.7 Å². The maximum atomic E-state index is 12.8. The molecule has 3 aromatic rings. The van der Waals surface area contributed by atoms with Crippen LogP contribution in [0.2, 0.25) is 10.0 Å². The van der Waals surface area contributed by atoms with Gasteiger partial charge in [-0.05, 0) is 42.0 Å². The molecule has 11 heteroatoms. The average Bonchev–Trinajstić information content (AvgIpc) is 2.84. The minimum Gasteiger partial charge on any atom is -0.383 e. The summed E-state index contributed by atoms with van der Waals surface area (Å²) in [5, 5.41) is 5.85. The van der Waals surface area contributed by atoms with E-state index in [0.29, 0.717) is 35.5 Å². The van der Waals surface area contributed by atoms with Crippen LogP contribution in [-0.2, 0) is 21.3 Å². The van der Waals surface area contributed by atoms with Crippen molar-refractivity contribution in [2.45, 2.75) is 6.54 Å². The molecule has 3 aromatic carbocycles. The molecule has 0 spiro atoms. The number of methoxy groups -OCH3 is 1. The van der Waals surface area contributed by atoms with E-state index in [9.17, 15) is 18.0 Å². The smallest absolute Gasteiger partial charge is 0.255 e. The molecule has 36 heavy (non-hydrogen) atoms. The zero-order valence-electron chi connectivity index (χ0n) is 19.6. The summed E-state index contributed by atoms with van der Waals surface area (Å²) in [6.07, 6.45) is 1.08. The van der Waals surface area contributed by atoms with E-state index < -0.39 is 15.9 Å². The molecule has 2 amide bonds. The van der Waals surface area contributed by atoms with E-state index in [-0.39, 0.29) is 28.2 Å². The van der Waals surface area contributed by atoms with E-state index in [1.807, 2.05) is 0 Å². The number of carbonyl (C=O) groups is 2. The van der Waals surface area contributed by atoms with Crippen molar-refractivity contribution in [2.24, 2.45) is 0 Å². The van der Waals surface area contributed by atoms with Crippen molar-refractivity contribution in [1.82, 2.24) is 5.32 Å². The number of ether oxygens (including phenoxy) is 1. The van der Waals surface area contributed by atoms with Gasteiger partial charge in [-0.25, -0.2) is 8.42 Å². The summed E-state index contributed by atoms with van der Waals surface area (Å²) in [5.41, 5.74) is 1.90. The Hall–Kier alpha value is -3.11. The minimum atomic E-state index is -3.68. The van der Waals surface area contributed by atoms with E-state index in [2.05, 4.69) is 10.6 Å². The maximum Gasteiger partial charge on any atom is 0.255 e. The summed E-state index contributed by atoms with van der Waals surface area (Å²) in [6, 6.07) is 17.9. The lowest BCUT2D eigenvalue weighted by molar-refractivity contribution is 0.0938. The number of nitrogens with one attached hydrogen (secondary N) is 2. The van der Waals surface area contributed by atoms with Crippen LogP contribution >= 0.6 is 23.2 Å². The summed E-state index contributed by atoms with van der Waals surface area (Å²) in [5.74, 6) is -0.754. The van der Waals surface area contributed by atoms with Crippen LogP contribution in [0.4, 0.5) is 11.4 Å². The fourth-order valence-electron chi connectivity index (χ4n) is 3.34. The van der Waals surface area contributed by atoms with Crippen molar-refractivity contribution in [3.63, 3.8) is 0 Å². The second kappa shape index (κ2) is 12.2. The molecule has 8 nitrogen and oxygen atoms in total. The number of amides is 2. The van der Waals surface area contributed by atoms with Gasteiger partial charge in [-0.15, -0.1) is 0 Å². The lowest BCUT2D eigenvalue weighted by Crippen LogP contribution is -2.29. The van der Waals surface area contributed by atoms with E-state index in [1.165, 1.54) is 7.11 Å². The first kappa shape index (κ1) is 27.5. The minimum absolute atomic E-state index is 0.00866. The fraction of sp³-hybridized carbons (Fsp3) is 0.200. The van der Waals surface area contributed by atoms with E-state index in [1.54, 1.807) is 66.7 Å². The van der Waals surface area contributed by atoms with Crippen LogP contribution in [0, 0.1) is 0 Å². The van der Waals surface area contributed by atoms with Crippen LogP contribution in [0.5, 0.6) is 0 Å². The SMILES string of the molecule is COCCNC(=O)c1ccccc1NC(=O)c1ccc(CN(c2cccc(Cl)c2Cl)S(C)(=O)=O)cc1. The summed E-state index contributed by atoms with van der Waals surface area (Å²) in [6.45, 7) is 0.697. The third-order valence-corrected chi connectivity index (χ3v) is 7.09. The molecule has 0 heterocycles. The molecule has 0 saturated carbocycles. The Morgan fingerprint density at radius 1 is 0.944 bits per heavy atom. The number of hydrogen-bond acceptors (Lipinski definition) is 5. The number of hydrogen-bond donors (Lipinski definition) is 2. The maximum absolute atomic E-state index is 12.8. The normalized spacial score (nSPS) is 11.1. The van der Waals surface area contributed by atoms with E-state index in [4.69, 9.17) is 27.9 Å². The number of sulfonamides is 1. The molecular formula is C25H25Cl2N3O5S. The zero-order valence-corrected chi connectivity index (χ0v) is 22.0. The van der Waals surface area contributed by atoms with Crippen LogP contribution in [0.3, 0.4) is 0 Å². The van der Waals surface area contributed by atoms with Crippen LogP contribution in [0.25, 0.3) is 0 Å². The lowest BCUT2D eigenvalue weighted by Gasteiger charge is -2.24. The summed E-state index contributed by atoms with van der Waals surface area (Å²) < 4.78 is 31.0. The summed E-state index contributed by atoms with van der Waals surface area (Å²) in [4.78, 5) is 25.3. The molecule has 0 unspecified atom stereocenters. The number of benzene rings is 3. The van der Waals surface area contributed by atoms with Crippen LogP contribution in [0.1, 0.15) is 26.3 Å². The van der Waals surface area contributed by atoms with E-state index >= 15 is 0 Å². The third kappa shape index (κ3) is 6.98. The first-order valence-corrected chi connectivity index (χ1v) is 13.4. The number of para-hydroxylation sites is 1. The molecule has 0 aromatic heterocycles. The van der Waals surface area contributed by atoms with Crippen LogP contribution in [-0.4, -0.2) is 46.7 Å². The first-order chi connectivity index (χ1) is 17.1. The topological polar surface area (TPSA) is 105 Å². The molecule has 190 valence electrons. The molecule has 3 rings (SSSR count). The summed E-state index contributed by atoms with van der Waals surface area (Å²) >= 11 is 12.3. The Kier molecular flexibility index (Phi) is 9.33. The Bertz CT molecular complexity index is 1350. The zero-order chi connectivity index (χ0) is 26.3. The molecule has 2 N–H and O–H groups in total. The number of rotatable bonds is 10. The van der Waals surface area contributed by atoms with Gasteiger partial charge in [-0.1, -0.05) is 53.5 Å². The van der Waals surface area contributed by atoms with Gasteiger partial charge in [0.25, 0.3) is 11.8 Å². The molecule has 0 radical (unpaired) electrons. The van der Waals surface area contributed by atoms with Gasteiger partial charge < -0.3 is 15.4 Å². The molecule has 0 aliphatic heterocycles. The lowest BCUT2D eigenvalue weighted by atomic mass is 10.1. The Balaban J connectivity index is 1.76. The predicted molar refractivity (Wildman–Crippen MR) is 143 cm³/mol. The van der Waals surface area contributed by atoms with Gasteiger partial charge in [0.15, 0.2) is 0 Å². The van der Waals surface area contributed by atoms with Crippen molar-refractivity contribution < 1.29 is 22.7 Å². The van der Waals surface area contributed by atoms with Gasteiger partial charge in [0.2, 0.25) is 10.0 Å². The number of halogens is 2. The molecule has 0 aliphatic carbocycles. The fourth-order valence-corrected chi connectivity index (χ4v) is 4.68. The predicted octanol–water partition coefficient (Wildman–Crippen LogP) is 4.59. The van der Waals surface area contributed by atoms with Crippen molar-refractivity contribution >= 4 is 56.4 Å². The Labute approximate surface area is 220 Å². The highest BCUT2D eigenvalue weighted by atomic mass is 35.5. The van der Waals surface area contributed by atoms with Crippen molar-refractivity contribution in [1.29, 1.82) is 0 Å². The van der Waals surface area contributed by atoms with Gasteiger partial charge >= 0.3 is 0 Å². The van der Waals surface area contributed by atoms with Crippen molar-refractivity contribution in [3.8, 4) is 0 Å². The average molecular weight is 550 g/mol. The van der Waals surface area contributed by atoms with Gasteiger partial charge in [0.05, 0.1) is 46.4 Å². The first-order valence-electron chi connectivity index (χ1n) is 10.8. The standard InChI is InChI=1S/C25H25Cl2N3O5S/c1-35-15-14-28-25(32)19-6-3-4-8-21(19)29-24(31)18-12-10-17(11-13-18)16-30(36(2,33)34)22-9-5-7-20(26)23(22)27/h3-13H,14-16H2,1-2H3,(H,28,32)(H,29,31). The molecule has 0 saturated heterocycles. The monoisotopic (exact) mass is 549 g/mol.